The molecule has 29 heavy (non-hydrogen) atoms. The van der Waals surface area contributed by atoms with E-state index >= 15 is 0 Å². The second kappa shape index (κ2) is 7.15. The van der Waals surface area contributed by atoms with E-state index in [1.165, 1.54) is 4.80 Å². The number of fused-ring (bicyclic) bond motifs is 2. The summed E-state index contributed by atoms with van der Waals surface area (Å²) in [5, 5.41) is 8.95. The molecule has 148 valence electrons. The summed E-state index contributed by atoms with van der Waals surface area (Å²) in [6, 6.07) is 11.1. The highest BCUT2D eigenvalue weighted by Crippen LogP contribution is 2.44. The molecule has 3 heterocycles. The van der Waals surface area contributed by atoms with E-state index < -0.39 is 0 Å². The van der Waals surface area contributed by atoms with Gasteiger partial charge in [-0.25, -0.2) is 4.98 Å². The predicted molar refractivity (Wildman–Crippen MR) is 107 cm³/mol. The van der Waals surface area contributed by atoms with Crippen LogP contribution in [0.15, 0.2) is 55.0 Å². The SMILES string of the molecule is C[C@@H]1[C@H]2C[C@@H](Oc3ccc(Cl)cn3)[C@H](C2)N1C(=O)c1ccccc1-n1nccn1. The van der Waals surface area contributed by atoms with Gasteiger partial charge in [-0.1, -0.05) is 23.7 Å². The second-order valence-electron chi connectivity index (χ2n) is 7.56. The number of para-hydroxylation sites is 1. The Morgan fingerprint density at radius 1 is 1.14 bits per heavy atom. The van der Waals surface area contributed by atoms with Gasteiger partial charge in [-0.3, -0.25) is 4.79 Å². The van der Waals surface area contributed by atoms with Crippen molar-refractivity contribution in [3.05, 3.63) is 65.6 Å². The van der Waals surface area contributed by atoms with Crippen molar-refractivity contribution in [3.63, 3.8) is 0 Å². The summed E-state index contributed by atoms with van der Waals surface area (Å²) in [4.78, 5) is 21.3. The van der Waals surface area contributed by atoms with Crippen molar-refractivity contribution < 1.29 is 9.53 Å². The lowest BCUT2D eigenvalue weighted by Gasteiger charge is -2.38. The first-order valence-corrected chi connectivity index (χ1v) is 10.1. The lowest BCUT2D eigenvalue weighted by molar-refractivity contribution is 0.0314. The Labute approximate surface area is 173 Å². The molecular formula is C21H20ClN5O2. The summed E-state index contributed by atoms with van der Waals surface area (Å²) < 4.78 is 6.14. The molecule has 2 fully saturated rings. The molecule has 2 aliphatic rings. The number of benzene rings is 1. The van der Waals surface area contributed by atoms with E-state index in [1.54, 1.807) is 30.7 Å². The molecule has 5 rings (SSSR count). The molecule has 0 unspecified atom stereocenters. The van der Waals surface area contributed by atoms with Crippen molar-refractivity contribution in [2.45, 2.75) is 38.0 Å². The van der Waals surface area contributed by atoms with Crippen molar-refractivity contribution >= 4 is 17.5 Å². The van der Waals surface area contributed by atoms with E-state index in [9.17, 15) is 4.79 Å². The molecule has 3 aromatic rings. The molecule has 1 saturated heterocycles. The molecule has 1 aromatic carbocycles. The number of carbonyl (C=O) groups is 1. The van der Waals surface area contributed by atoms with Gasteiger partial charge in [0.2, 0.25) is 5.88 Å². The zero-order valence-electron chi connectivity index (χ0n) is 15.9. The maximum atomic E-state index is 13.6. The number of aromatic nitrogens is 4. The lowest BCUT2D eigenvalue weighted by atomic mass is 9.98. The van der Waals surface area contributed by atoms with Gasteiger partial charge in [-0.15, -0.1) is 0 Å². The number of pyridine rings is 1. The first-order chi connectivity index (χ1) is 14.1. The van der Waals surface area contributed by atoms with Crippen LogP contribution in [-0.2, 0) is 0 Å². The number of likely N-dealkylation sites (tertiary alicyclic amines) is 1. The quantitative estimate of drug-likeness (QED) is 0.660. The van der Waals surface area contributed by atoms with E-state index in [4.69, 9.17) is 16.3 Å². The van der Waals surface area contributed by atoms with Gasteiger partial charge in [0.05, 0.1) is 34.7 Å². The zero-order chi connectivity index (χ0) is 20.0. The maximum absolute atomic E-state index is 13.6. The van der Waals surface area contributed by atoms with Gasteiger partial charge in [0, 0.05) is 18.3 Å². The van der Waals surface area contributed by atoms with Crippen LogP contribution in [0.5, 0.6) is 5.88 Å². The van der Waals surface area contributed by atoms with Gasteiger partial charge in [0.25, 0.3) is 5.91 Å². The number of carbonyl (C=O) groups excluding carboxylic acids is 1. The summed E-state index contributed by atoms with van der Waals surface area (Å²) in [6.45, 7) is 2.12. The van der Waals surface area contributed by atoms with Crippen LogP contribution in [0.1, 0.15) is 30.1 Å². The normalized spacial score (nSPS) is 25.4. The Morgan fingerprint density at radius 3 is 2.66 bits per heavy atom. The van der Waals surface area contributed by atoms with Crippen LogP contribution in [0.25, 0.3) is 5.69 Å². The van der Waals surface area contributed by atoms with Gasteiger partial charge in [-0.2, -0.15) is 15.0 Å². The van der Waals surface area contributed by atoms with Gasteiger partial charge in [0.15, 0.2) is 0 Å². The van der Waals surface area contributed by atoms with Crippen molar-refractivity contribution in [2.24, 2.45) is 5.92 Å². The molecule has 1 saturated carbocycles. The van der Waals surface area contributed by atoms with Gasteiger partial charge in [0.1, 0.15) is 6.10 Å². The zero-order valence-corrected chi connectivity index (χ0v) is 16.6. The molecule has 0 spiro atoms. The van der Waals surface area contributed by atoms with Gasteiger partial charge in [-0.05, 0) is 43.9 Å². The number of ether oxygens (including phenoxy) is 1. The third kappa shape index (κ3) is 3.15. The molecule has 1 aliphatic carbocycles. The maximum Gasteiger partial charge on any atom is 0.256 e. The number of piperidine rings is 1. The molecule has 2 aromatic heterocycles. The Morgan fingerprint density at radius 2 is 1.93 bits per heavy atom. The first-order valence-electron chi connectivity index (χ1n) is 9.68. The van der Waals surface area contributed by atoms with E-state index in [2.05, 4.69) is 22.1 Å². The van der Waals surface area contributed by atoms with Crippen molar-refractivity contribution in [2.75, 3.05) is 0 Å². The standard InChI is InChI=1S/C21H20ClN5O2/c1-13-14-10-18(19(11-14)29-20-7-6-15(22)12-23-20)26(13)21(28)16-4-2-3-5-17(16)27-24-8-9-25-27/h2-9,12-14,18-19H,10-11H2,1H3/t13-,14-,18+,19-/m1/s1. The number of halogens is 1. The fourth-order valence-corrected chi connectivity index (χ4v) is 4.70. The summed E-state index contributed by atoms with van der Waals surface area (Å²) >= 11 is 5.92. The molecule has 0 radical (unpaired) electrons. The number of nitrogens with zero attached hydrogens (tertiary/aromatic N) is 5. The van der Waals surface area contributed by atoms with E-state index in [0.29, 0.717) is 28.1 Å². The van der Waals surface area contributed by atoms with Crippen LogP contribution in [0.4, 0.5) is 0 Å². The topological polar surface area (TPSA) is 73.1 Å². The largest absolute Gasteiger partial charge is 0.472 e. The Balaban J connectivity index is 1.42. The van der Waals surface area contributed by atoms with Crippen LogP contribution >= 0.6 is 11.6 Å². The van der Waals surface area contributed by atoms with Crippen LogP contribution in [0, 0.1) is 5.92 Å². The smallest absolute Gasteiger partial charge is 0.256 e. The van der Waals surface area contributed by atoms with Crippen LogP contribution in [0.3, 0.4) is 0 Å². The molecule has 2 bridgehead atoms. The average molecular weight is 410 g/mol. The van der Waals surface area contributed by atoms with Crippen molar-refractivity contribution in [1.29, 1.82) is 0 Å². The van der Waals surface area contributed by atoms with E-state index in [0.717, 1.165) is 12.8 Å². The van der Waals surface area contributed by atoms with Crippen LogP contribution in [-0.4, -0.2) is 49.0 Å². The Hall–Kier alpha value is -2.93. The number of hydrogen-bond acceptors (Lipinski definition) is 5. The molecular weight excluding hydrogens is 390 g/mol. The highest BCUT2D eigenvalue weighted by molar-refractivity contribution is 6.30. The molecule has 4 atom stereocenters. The van der Waals surface area contributed by atoms with E-state index in [1.807, 2.05) is 29.2 Å². The Bertz CT molecular complexity index is 1020. The lowest BCUT2D eigenvalue weighted by Crippen LogP contribution is -2.51. The first kappa shape index (κ1) is 18.1. The van der Waals surface area contributed by atoms with Gasteiger partial charge < -0.3 is 9.64 Å². The molecule has 8 heteroatoms. The molecule has 7 nitrogen and oxygen atoms in total. The number of amides is 1. The third-order valence-corrected chi connectivity index (χ3v) is 6.19. The number of hydrogen-bond donors (Lipinski definition) is 0. The average Bonchev–Trinajstić information content (AvgIpc) is 3.46. The second-order valence-corrected chi connectivity index (χ2v) is 7.99. The highest BCUT2D eigenvalue weighted by Gasteiger charge is 2.52. The minimum absolute atomic E-state index is 0.0126. The monoisotopic (exact) mass is 409 g/mol. The summed E-state index contributed by atoms with van der Waals surface area (Å²) in [6.07, 6.45) is 6.55. The van der Waals surface area contributed by atoms with Gasteiger partial charge >= 0.3 is 0 Å². The highest BCUT2D eigenvalue weighted by atomic mass is 35.5. The number of rotatable bonds is 4. The fourth-order valence-electron chi connectivity index (χ4n) is 4.59. The van der Waals surface area contributed by atoms with Crippen LogP contribution in [0.2, 0.25) is 5.02 Å². The summed E-state index contributed by atoms with van der Waals surface area (Å²) in [7, 11) is 0. The molecule has 0 N–H and O–H groups in total. The molecule has 1 amide bonds. The van der Waals surface area contributed by atoms with Crippen molar-refractivity contribution in [3.8, 4) is 11.6 Å². The minimum Gasteiger partial charge on any atom is -0.472 e. The minimum atomic E-state index is -0.0798. The fraction of sp³-hybridized carbons (Fsp3) is 0.333. The Kier molecular flexibility index (Phi) is 4.47. The van der Waals surface area contributed by atoms with Crippen LogP contribution < -0.4 is 4.74 Å². The molecule has 1 aliphatic heterocycles. The third-order valence-electron chi connectivity index (χ3n) is 5.96. The summed E-state index contributed by atoms with van der Waals surface area (Å²) in [5.41, 5.74) is 1.26. The summed E-state index contributed by atoms with van der Waals surface area (Å²) in [5.74, 6) is 0.930. The van der Waals surface area contributed by atoms with Crippen molar-refractivity contribution in [1.82, 2.24) is 24.9 Å². The van der Waals surface area contributed by atoms with E-state index in [-0.39, 0.29) is 24.1 Å². The predicted octanol–water partition coefficient (Wildman–Crippen LogP) is 3.39.